The van der Waals surface area contributed by atoms with Crippen molar-refractivity contribution < 1.29 is 14.1 Å². The lowest BCUT2D eigenvalue weighted by Gasteiger charge is -2.17. The second kappa shape index (κ2) is 7.21. The van der Waals surface area contributed by atoms with Gasteiger partial charge in [0.15, 0.2) is 5.76 Å². The summed E-state index contributed by atoms with van der Waals surface area (Å²) in [4.78, 5) is 18.2. The Labute approximate surface area is 145 Å². The molecule has 8 nitrogen and oxygen atoms in total. The van der Waals surface area contributed by atoms with Gasteiger partial charge in [0.2, 0.25) is 5.88 Å². The quantitative estimate of drug-likeness (QED) is 0.916. The highest BCUT2D eigenvalue weighted by atomic mass is 16.5. The van der Waals surface area contributed by atoms with Gasteiger partial charge < -0.3 is 19.5 Å². The third kappa shape index (κ3) is 3.71. The molecule has 0 saturated carbocycles. The smallest absolute Gasteiger partial charge is 0.322 e. The fourth-order valence-corrected chi connectivity index (χ4v) is 2.70. The maximum atomic E-state index is 12.5. The highest BCUT2D eigenvalue weighted by Gasteiger charge is 2.29. The van der Waals surface area contributed by atoms with Crippen LogP contribution in [0.1, 0.15) is 30.4 Å². The van der Waals surface area contributed by atoms with Crippen molar-refractivity contribution in [1.82, 2.24) is 15.0 Å². The monoisotopic (exact) mass is 341 g/mol. The molecule has 1 aliphatic rings. The lowest BCUT2D eigenvalue weighted by Crippen LogP contribution is -2.34. The van der Waals surface area contributed by atoms with E-state index in [0.717, 1.165) is 6.42 Å². The number of carbonyl (C=O) groups is 1. The number of urea groups is 1. The Hall–Kier alpha value is -3.08. The van der Waals surface area contributed by atoms with Crippen molar-refractivity contribution in [2.75, 3.05) is 18.4 Å². The molecule has 0 aromatic carbocycles. The molecule has 25 heavy (non-hydrogen) atoms. The highest BCUT2D eigenvalue weighted by Crippen LogP contribution is 2.22. The van der Waals surface area contributed by atoms with Crippen LogP contribution in [-0.2, 0) is 6.42 Å². The summed E-state index contributed by atoms with van der Waals surface area (Å²) in [6, 6.07) is 5.14. The van der Waals surface area contributed by atoms with E-state index in [1.165, 1.54) is 6.20 Å². The van der Waals surface area contributed by atoms with Crippen molar-refractivity contribution in [3.8, 4) is 11.9 Å². The predicted octanol–water partition coefficient (Wildman–Crippen LogP) is 2.50. The van der Waals surface area contributed by atoms with Gasteiger partial charge in [-0.25, -0.2) is 9.78 Å². The normalized spacial score (nSPS) is 16.5. The second-order valence-corrected chi connectivity index (χ2v) is 5.82. The first-order chi connectivity index (χ1) is 12.1. The van der Waals surface area contributed by atoms with E-state index in [2.05, 4.69) is 15.5 Å². The van der Waals surface area contributed by atoms with Gasteiger partial charge >= 0.3 is 6.03 Å². The molecule has 2 amide bonds. The number of nitrogens with one attached hydrogen (secondary N) is 1. The van der Waals surface area contributed by atoms with Gasteiger partial charge in [0.25, 0.3) is 0 Å². The molecular formula is C17H19N5O3. The number of amides is 2. The van der Waals surface area contributed by atoms with Crippen LogP contribution in [0, 0.1) is 18.3 Å². The minimum atomic E-state index is -0.195. The number of likely N-dealkylation sites (tertiary alicyclic amines) is 1. The molecule has 3 heterocycles. The van der Waals surface area contributed by atoms with E-state index in [9.17, 15) is 4.79 Å². The summed E-state index contributed by atoms with van der Waals surface area (Å²) in [6.45, 7) is 4.81. The van der Waals surface area contributed by atoms with Crippen LogP contribution in [0.15, 0.2) is 22.9 Å². The lowest BCUT2D eigenvalue weighted by molar-refractivity contribution is 0.190. The summed E-state index contributed by atoms with van der Waals surface area (Å²) < 4.78 is 11.0. The molecule has 1 aliphatic heterocycles. The van der Waals surface area contributed by atoms with Gasteiger partial charge in [-0.1, -0.05) is 12.1 Å². The van der Waals surface area contributed by atoms with Gasteiger partial charge in [-0.15, -0.1) is 0 Å². The first-order valence-electron chi connectivity index (χ1n) is 8.14. The summed E-state index contributed by atoms with van der Waals surface area (Å²) in [5, 5.41) is 15.5. The van der Waals surface area contributed by atoms with Gasteiger partial charge in [0.05, 0.1) is 12.1 Å². The molecule has 2 aromatic rings. The first-order valence-corrected chi connectivity index (χ1v) is 8.14. The number of ether oxygens (including phenoxy) is 1. The summed E-state index contributed by atoms with van der Waals surface area (Å²) in [6.07, 6.45) is 2.72. The number of nitrogens with zero attached hydrogens (tertiary/aromatic N) is 4. The van der Waals surface area contributed by atoms with Gasteiger partial charge in [0, 0.05) is 31.6 Å². The van der Waals surface area contributed by atoms with E-state index in [4.69, 9.17) is 14.5 Å². The van der Waals surface area contributed by atoms with E-state index in [1.54, 1.807) is 24.0 Å². The number of rotatable bonds is 4. The molecule has 1 fully saturated rings. The first kappa shape index (κ1) is 16.8. The van der Waals surface area contributed by atoms with E-state index < -0.39 is 0 Å². The molecule has 1 saturated heterocycles. The summed E-state index contributed by atoms with van der Waals surface area (Å²) in [5.74, 6) is 1.12. The summed E-state index contributed by atoms with van der Waals surface area (Å²) in [7, 11) is 0. The van der Waals surface area contributed by atoms with Crippen molar-refractivity contribution in [2.45, 2.75) is 32.8 Å². The van der Waals surface area contributed by atoms with Gasteiger partial charge in [-0.05, 0) is 13.0 Å². The summed E-state index contributed by atoms with van der Waals surface area (Å²) >= 11 is 0. The van der Waals surface area contributed by atoms with Crippen molar-refractivity contribution in [3.05, 3.63) is 35.3 Å². The fraction of sp³-hybridized carbons (Fsp3) is 0.412. The van der Waals surface area contributed by atoms with Crippen LogP contribution in [0.5, 0.6) is 5.88 Å². The molecule has 0 radical (unpaired) electrons. The Morgan fingerprint density at radius 3 is 3.08 bits per heavy atom. The van der Waals surface area contributed by atoms with E-state index in [-0.39, 0.29) is 12.1 Å². The Morgan fingerprint density at radius 1 is 1.56 bits per heavy atom. The third-order valence-electron chi connectivity index (χ3n) is 4.07. The molecule has 1 N–H and O–H groups in total. The highest BCUT2D eigenvalue weighted by molar-refractivity contribution is 5.90. The van der Waals surface area contributed by atoms with Crippen LogP contribution in [0.25, 0.3) is 0 Å². The van der Waals surface area contributed by atoms with Crippen molar-refractivity contribution >= 4 is 11.7 Å². The topological polar surface area (TPSA) is 104 Å². The van der Waals surface area contributed by atoms with E-state index in [1.807, 2.05) is 13.0 Å². The summed E-state index contributed by atoms with van der Waals surface area (Å²) in [5.41, 5.74) is 1.79. The molecule has 3 rings (SSSR count). The van der Waals surface area contributed by atoms with Crippen LogP contribution in [0.2, 0.25) is 0 Å². The molecule has 0 bridgehead atoms. The van der Waals surface area contributed by atoms with E-state index in [0.29, 0.717) is 48.1 Å². The Morgan fingerprint density at radius 2 is 2.40 bits per heavy atom. The average molecular weight is 341 g/mol. The van der Waals surface area contributed by atoms with Crippen LogP contribution in [0.4, 0.5) is 10.5 Å². The Kier molecular flexibility index (Phi) is 4.84. The predicted molar refractivity (Wildman–Crippen MR) is 89.2 cm³/mol. The van der Waals surface area contributed by atoms with Crippen LogP contribution >= 0.6 is 0 Å². The number of pyridine rings is 1. The number of aryl methyl sites for hydroxylation is 2. The standard InChI is InChI=1S/C17H19N5O3/c1-3-14-16(11(2)21-25-14)20-17(23)22-7-6-13(10-22)24-15-5-4-12(8-18)9-19-15/h4-5,9,13H,3,6-7,10H2,1-2H3,(H,20,23)/t13-/m0/s1. The number of nitriles is 1. The maximum Gasteiger partial charge on any atom is 0.322 e. The number of aromatic nitrogens is 2. The molecule has 2 aromatic heterocycles. The second-order valence-electron chi connectivity index (χ2n) is 5.82. The molecule has 0 unspecified atom stereocenters. The number of anilines is 1. The average Bonchev–Trinajstić information content (AvgIpc) is 3.23. The van der Waals surface area contributed by atoms with Crippen molar-refractivity contribution in [3.63, 3.8) is 0 Å². The third-order valence-corrected chi connectivity index (χ3v) is 4.07. The number of hydrogen-bond donors (Lipinski definition) is 1. The molecule has 0 spiro atoms. The van der Waals surface area contributed by atoms with Gasteiger partial charge in [0.1, 0.15) is 23.6 Å². The Balaban J connectivity index is 1.57. The zero-order valence-corrected chi connectivity index (χ0v) is 14.2. The van der Waals surface area contributed by atoms with Crippen LogP contribution in [0.3, 0.4) is 0 Å². The molecule has 1 atom stereocenters. The number of carbonyl (C=O) groups excluding carboxylic acids is 1. The molecule has 0 aliphatic carbocycles. The minimum Gasteiger partial charge on any atom is -0.472 e. The largest absolute Gasteiger partial charge is 0.472 e. The van der Waals surface area contributed by atoms with Crippen LogP contribution in [-0.4, -0.2) is 40.3 Å². The SMILES string of the molecule is CCc1onc(C)c1NC(=O)N1CC[C@H](Oc2ccc(C#N)cn2)C1. The lowest BCUT2D eigenvalue weighted by atomic mass is 10.2. The van der Waals surface area contributed by atoms with E-state index >= 15 is 0 Å². The molecule has 130 valence electrons. The molecule has 8 heteroatoms. The van der Waals surface area contributed by atoms with Crippen molar-refractivity contribution in [2.24, 2.45) is 0 Å². The van der Waals surface area contributed by atoms with Crippen LogP contribution < -0.4 is 10.1 Å². The van der Waals surface area contributed by atoms with Gasteiger partial charge in [-0.2, -0.15) is 5.26 Å². The fourth-order valence-electron chi connectivity index (χ4n) is 2.70. The Bertz CT molecular complexity index is 794. The molecular weight excluding hydrogens is 322 g/mol. The zero-order chi connectivity index (χ0) is 17.8. The van der Waals surface area contributed by atoms with Gasteiger partial charge in [-0.3, -0.25) is 0 Å². The minimum absolute atomic E-state index is 0.125. The maximum absolute atomic E-state index is 12.5. The number of hydrogen-bond acceptors (Lipinski definition) is 6. The van der Waals surface area contributed by atoms with Crippen molar-refractivity contribution in [1.29, 1.82) is 5.26 Å². The zero-order valence-electron chi connectivity index (χ0n) is 14.2.